The number of hydrogen-bond donors (Lipinski definition) is 1. The summed E-state index contributed by atoms with van der Waals surface area (Å²) in [5, 5.41) is 0. The van der Waals surface area contributed by atoms with Gasteiger partial charge in [-0.25, -0.2) is 0 Å². The largest absolute Gasteiger partial charge is 0.372 e. The van der Waals surface area contributed by atoms with Crippen molar-refractivity contribution in [3.05, 3.63) is 52.3 Å². The molecule has 0 radical (unpaired) electrons. The molecule has 0 unspecified atom stereocenters. The number of H-pyrrole nitrogens is 1. The molecule has 1 aromatic carbocycles. The molecule has 2 fully saturated rings. The number of aromatic nitrogens is 2. The first-order valence-corrected chi connectivity index (χ1v) is 10.9. The number of hydrogen-bond acceptors (Lipinski definition) is 5. The number of aromatic amines is 1. The van der Waals surface area contributed by atoms with Crippen molar-refractivity contribution in [2.45, 2.75) is 64.2 Å². The Hall–Kier alpha value is -2.34. The third kappa shape index (κ3) is 4.99. The number of ether oxygens (including phenoxy) is 1. The highest BCUT2D eigenvalue weighted by atomic mass is 16.5. The molecule has 2 aliphatic heterocycles. The van der Waals surface area contributed by atoms with Gasteiger partial charge in [-0.3, -0.25) is 9.78 Å². The van der Waals surface area contributed by atoms with Crippen LogP contribution in [-0.2, 0) is 11.2 Å². The Morgan fingerprint density at radius 1 is 1.10 bits per heavy atom. The molecular weight excluding hydrogens is 364 g/mol. The summed E-state index contributed by atoms with van der Waals surface area (Å²) in [6.45, 7) is 6.59. The van der Waals surface area contributed by atoms with E-state index in [-0.39, 0.29) is 17.8 Å². The van der Waals surface area contributed by atoms with E-state index in [1.165, 1.54) is 18.4 Å². The van der Waals surface area contributed by atoms with E-state index in [9.17, 15) is 4.79 Å². The zero-order valence-corrected chi connectivity index (χ0v) is 17.5. The van der Waals surface area contributed by atoms with Gasteiger partial charge in [-0.1, -0.05) is 43.2 Å². The Kier molecular flexibility index (Phi) is 6.19. The van der Waals surface area contributed by atoms with Gasteiger partial charge in [-0.05, 0) is 38.7 Å². The number of benzene rings is 1. The molecule has 0 spiro atoms. The summed E-state index contributed by atoms with van der Waals surface area (Å²) in [6.07, 6.45) is 5.93. The summed E-state index contributed by atoms with van der Waals surface area (Å²) in [7, 11) is 0. The lowest BCUT2D eigenvalue weighted by molar-refractivity contribution is -0.00547. The van der Waals surface area contributed by atoms with Crippen molar-refractivity contribution in [1.82, 2.24) is 9.97 Å². The van der Waals surface area contributed by atoms with Crippen LogP contribution in [0.3, 0.4) is 0 Å². The van der Waals surface area contributed by atoms with Gasteiger partial charge in [0.1, 0.15) is 5.82 Å². The minimum absolute atomic E-state index is 0.0838. The molecule has 3 heterocycles. The Labute approximate surface area is 172 Å². The number of nitrogens with zero attached hydrogens (tertiary/aromatic N) is 3. The van der Waals surface area contributed by atoms with Crippen molar-refractivity contribution >= 4 is 11.8 Å². The third-order valence-corrected chi connectivity index (χ3v) is 5.92. The van der Waals surface area contributed by atoms with Crippen LogP contribution in [0.25, 0.3) is 0 Å². The average molecular weight is 397 g/mol. The molecule has 2 saturated heterocycles. The molecule has 4 rings (SSSR count). The highest BCUT2D eigenvalue weighted by molar-refractivity contribution is 5.45. The fraction of sp³-hybridized carbons (Fsp3) is 0.565. The minimum Gasteiger partial charge on any atom is -0.372 e. The van der Waals surface area contributed by atoms with Gasteiger partial charge in [0, 0.05) is 31.7 Å². The van der Waals surface area contributed by atoms with Gasteiger partial charge < -0.3 is 14.5 Å². The van der Waals surface area contributed by atoms with Crippen molar-refractivity contribution in [2.24, 2.45) is 0 Å². The predicted octanol–water partition coefficient (Wildman–Crippen LogP) is 3.38. The minimum atomic E-state index is -0.0838. The molecule has 2 aromatic rings. The first-order valence-electron chi connectivity index (χ1n) is 10.9. The van der Waals surface area contributed by atoms with Crippen molar-refractivity contribution in [3.8, 4) is 0 Å². The summed E-state index contributed by atoms with van der Waals surface area (Å²) < 4.78 is 5.85. The van der Waals surface area contributed by atoms with Crippen LogP contribution in [0.15, 0.2) is 41.2 Å². The molecule has 6 heteroatoms. The molecule has 6 nitrogen and oxygen atoms in total. The molecule has 1 N–H and O–H groups in total. The molecule has 0 bridgehead atoms. The summed E-state index contributed by atoms with van der Waals surface area (Å²) in [6, 6.07) is 12.6. The second-order valence-electron chi connectivity index (χ2n) is 8.48. The fourth-order valence-electron chi connectivity index (χ4n) is 4.65. The first-order chi connectivity index (χ1) is 14.1. The van der Waals surface area contributed by atoms with E-state index in [2.05, 4.69) is 59.0 Å². The Morgan fingerprint density at radius 3 is 2.62 bits per heavy atom. The maximum atomic E-state index is 12.5. The lowest BCUT2D eigenvalue weighted by Crippen LogP contribution is -2.46. The topological polar surface area (TPSA) is 61.5 Å². The number of morpholine rings is 1. The molecule has 0 amide bonds. The normalized spacial score (nSPS) is 25.7. The van der Waals surface area contributed by atoms with Gasteiger partial charge in [0.05, 0.1) is 12.2 Å². The number of rotatable bonds is 4. The first kappa shape index (κ1) is 20.0. The zero-order valence-electron chi connectivity index (χ0n) is 17.5. The Bertz CT molecular complexity index is 843. The molecule has 3 atom stereocenters. The zero-order chi connectivity index (χ0) is 20.2. The van der Waals surface area contributed by atoms with Crippen LogP contribution in [0.2, 0.25) is 0 Å². The number of nitrogens with one attached hydrogen (secondary N) is 1. The van der Waals surface area contributed by atoms with Crippen LogP contribution in [-0.4, -0.2) is 47.9 Å². The van der Waals surface area contributed by atoms with Crippen LogP contribution in [0.4, 0.5) is 11.8 Å². The fourth-order valence-corrected chi connectivity index (χ4v) is 4.65. The Balaban J connectivity index is 1.62. The van der Waals surface area contributed by atoms with Crippen molar-refractivity contribution < 1.29 is 4.74 Å². The number of anilines is 2. The molecule has 2 aliphatic rings. The summed E-state index contributed by atoms with van der Waals surface area (Å²) in [4.78, 5) is 25.0. The monoisotopic (exact) mass is 396 g/mol. The van der Waals surface area contributed by atoms with E-state index in [1.54, 1.807) is 6.07 Å². The maximum absolute atomic E-state index is 12.5. The van der Waals surface area contributed by atoms with Crippen LogP contribution in [0, 0.1) is 0 Å². The summed E-state index contributed by atoms with van der Waals surface area (Å²) in [5.74, 6) is 1.47. The third-order valence-electron chi connectivity index (χ3n) is 5.92. The smallest absolute Gasteiger partial charge is 0.254 e. The lowest BCUT2D eigenvalue weighted by Gasteiger charge is -2.37. The van der Waals surface area contributed by atoms with E-state index in [0.717, 1.165) is 44.7 Å². The molecule has 0 saturated carbocycles. The van der Waals surface area contributed by atoms with Crippen molar-refractivity contribution in [2.75, 3.05) is 29.4 Å². The van der Waals surface area contributed by atoms with Gasteiger partial charge in [-0.15, -0.1) is 0 Å². The molecule has 29 heavy (non-hydrogen) atoms. The van der Waals surface area contributed by atoms with Gasteiger partial charge in [0.25, 0.3) is 5.56 Å². The van der Waals surface area contributed by atoms with Crippen LogP contribution in [0.1, 0.15) is 45.1 Å². The molecular formula is C23H32N4O2. The van der Waals surface area contributed by atoms with Gasteiger partial charge in [0.2, 0.25) is 5.95 Å². The lowest BCUT2D eigenvalue weighted by atomic mass is 10.0. The Morgan fingerprint density at radius 2 is 1.86 bits per heavy atom. The van der Waals surface area contributed by atoms with E-state index in [0.29, 0.717) is 12.0 Å². The van der Waals surface area contributed by atoms with E-state index in [4.69, 9.17) is 9.72 Å². The molecule has 156 valence electrons. The second kappa shape index (κ2) is 8.99. The van der Waals surface area contributed by atoms with Crippen molar-refractivity contribution in [3.63, 3.8) is 0 Å². The SMILES string of the molecule is C[C@@H]1CN(c2cc(=O)[nH]c(N3CCCCC[C@@H]3Cc3ccccc3)n2)C[C@H](C)O1. The summed E-state index contributed by atoms with van der Waals surface area (Å²) in [5.41, 5.74) is 1.25. The van der Waals surface area contributed by atoms with Gasteiger partial charge >= 0.3 is 0 Å². The maximum Gasteiger partial charge on any atom is 0.254 e. The van der Waals surface area contributed by atoms with Gasteiger partial charge in [0.15, 0.2) is 0 Å². The highest BCUT2D eigenvalue weighted by Crippen LogP contribution is 2.25. The van der Waals surface area contributed by atoms with Crippen molar-refractivity contribution in [1.29, 1.82) is 0 Å². The van der Waals surface area contributed by atoms with E-state index < -0.39 is 0 Å². The van der Waals surface area contributed by atoms with Crippen LogP contribution < -0.4 is 15.4 Å². The highest BCUT2D eigenvalue weighted by Gasteiger charge is 2.27. The average Bonchev–Trinajstić information content (AvgIpc) is 2.93. The molecule has 1 aromatic heterocycles. The van der Waals surface area contributed by atoms with E-state index in [1.807, 2.05) is 0 Å². The molecule has 0 aliphatic carbocycles. The quantitative estimate of drug-likeness (QED) is 0.859. The van der Waals surface area contributed by atoms with Gasteiger partial charge in [-0.2, -0.15) is 4.98 Å². The van der Waals surface area contributed by atoms with Crippen LogP contribution in [0.5, 0.6) is 0 Å². The standard InChI is InChI=1S/C23H32N4O2/c1-17-15-26(16-18(2)29-17)21-14-22(28)25-23(24-21)27-12-8-4-7-11-20(27)13-19-9-5-3-6-10-19/h3,5-6,9-10,14,17-18,20H,4,7-8,11-13,15-16H2,1-2H3,(H,24,25,28)/t17-,18+,20-/m1/s1. The summed E-state index contributed by atoms with van der Waals surface area (Å²) >= 11 is 0. The predicted molar refractivity (Wildman–Crippen MR) is 117 cm³/mol. The van der Waals surface area contributed by atoms with Crippen LogP contribution >= 0.6 is 0 Å². The van der Waals surface area contributed by atoms with E-state index >= 15 is 0 Å². The second-order valence-corrected chi connectivity index (χ2v) is 8.48.